The van der Waals surface area contributed by atoms with E-state index in [1.807, 2.05) is 31.2 Å². The number of nitro groups is 1. The summed E-state index contributed by atoms with van der Waals surface area (Å²) in [5, 5.41) is 23.2. The van der Waals surface area contributed by atoms with Crippen molar-refractivity contribution in [2.75, 3.05) is 16.0 Å². The van der Waals surface area contributed by atoms with E-state index in [4.69, 9.17) is 0 Å². The van der Waals surface area contributed by atoms with Crippen LogP contribution in [0, 0.1) is 22.9 Å². The van der Waals surface area contributed by atoms with Crippen molar-refractivity contribution in [1.82, 2.24) is 10.2 Å². The third-order valence-electron chi connectivity index (χ3n) is 4.93. The molecular formula is C24H20FN5O3S2. The highest BCUT2D eigenvalue weighted by Gasteiger charge is 2.19. The predicted molar refractivity (Wildman–Crippen MR) is 136 cm³/mol. The van der Waals surface area contributed by atoms with Gasteiger partial charge in [-0.25, -0.2) is 4.39 Å². The first-order valence-corrected chi connectivity index (χ1v) is 12.3. The molecular weight excluding hydrogens is 489 g/mol. The van der Waals surface area contributed by atoms with E-state index in [0.29, 0.717) is 20.7 Å². The summed E-state index contributed by atoms with van der Waals surface area (Å²) in [6.07, 6.45) is 0. The van der Waals surface area contributed by atoms with Crippen molar-refractivity contribution >= 4 is 51.2 Å². The normalized spacial score (nSPS) is 10.7. The molecule has 0 fully saturated rings. The van der Waals surface area contributed by atoms with E-state index in [1.54, 1.807) is 12.1 Å². The minimum atomic E-state index is -0.485. The summed E-state index contributed by atoms with van der Waals surface area (Å²) in [6.45, 7) is 2.11. The molecule has 0 atom stereocenters. The molecule has 0 saturated carbocycles. The first-order valence-electron chi connectivity index (χ1n) is 10.5. The second-order valence-corrected chi connectivity index (χ2v) is 9.74. The second kappa shape index (κ2) is 11.1. The molecule has 178 valence electrons. The number of rotatable bonds is 9. The van der Waals surface area contributed by atoms with E-state index in [2.05, 4.69) is 15.5 Å². The van der Waals surface area contributed by atoms with E-state index in [9.17, 15) is 19.3 Å². The van der Waals surface area contributed by atoms with Crippen molar-refractivity contribution in [2.45, 2.75) is 17.8 Å². The van der Waals surface area contributed by atoms with Gasteiger partial charge in [-0.3, -0.25) is 14.9 Å². The van der Waals surface area contributed by atoms with Gasteiger partial charge in [0.1, 0.15) is 5.82 Å². The van der Waals surface area contributed by atoms with E-state index in [-0.39, 0.29) is 23.9 Å². The molecule has 0 unspecified atom stereocenters. The topological polar surface area (TPSA) is 101 Å². The molecule has 3 aromatic carbocycles. The predicted octanol–water partition coefficient (Wildman–Crippen LogP) is 5.96. The fraction of sp³-hybridized carbons (Fsp3) is 0.125. The number of hydrogen-bond acceptors (Lipinski definition) is 8. The van der Waals surface area contributed by atoms with E-state index in [0.717, 1.165) is 11.3 Å². The molecule has 1 aromatic heterocycles. The number of amides is 1. The Hall–Kier alpha value is -3.83. The lowest BCUT2D eigenvalue weighted by atomic mass is 10.1. The maximum absolute atomic E-state index is 13.5. The number of thioether (sulfide) groups is 1. The minimum absolute atomic E-state index is 0.0610. The molecule has 4 aromatic rings. The number of aromatic nitrogens is 2. The number of aryl methyl sites for hydroxylation is 1. The van der Waals surface area contributed by atoms with Gasteiger partial charge in [0.25, 0.3) is 5.69 Å². The van der Waals surface area contributed by atoms with Gasteiger partial charge in [-0.2, -0.15) is 0 Å². The Morgan fingerprint density at radius 2 is 1.86 bits per heavy atom. The van der Waals surface area contributed by atoms with E-state index < -0.39 is 10.7 Å². The zero-order valence-electron chi connectivity index (χ0n) is 18.6. The van der Waals surface area contributed by atoms with Gasteiger partial charge in [0.2, 0.25) is 11.0 Å². The number of non-ortho nitro benzene ring substituents is 1. The van der Waals surface area contributed by atoms with Crippen molar-refractivity contribution in [2.24, 2.45) is 0 Å². The van der Waals surface area contributed by atoms with Gasteiger partial charge in [-0.1, -0.05) is 52.9 Å². The average molecular weight is 510 g/mol. The third-order valence-corrected chi connectivity index (χ3v) is 6.89. The molecule has 0 spiro atoms. The van der Waals surface area contributed by atoms with Crippen molar-refractivity contribution < 1.29 is 14.1 Å². The lowest BCUT2D eigenvalue weighted by Gasteiger charge is -2.23. The van der Waals surface area contributed by atoms with Crippen molar-refractivity contribution in [3.05, 3.63) is 99.9 Å². The van der Waals surface area contributed by atoms with Crippen LogP contribution < -0.4 is 10.2 Å². The molecule has 4 rings (SSSR count). The Bertz CT molecular complexity index is 1330. The molecule has 35 heavy (non-hydrogen) atoms. The maximum Gasteiger partial charge on any atom is 0.269 e. The van der Waals surface area contributed by atoms with Gasteiger partial charge < -0.3 is 10.2 Å². The molecule has 0 aliphatic carbocycles. The van der Waals surface area contributed by atoms with Gasteiger partial charge in [0.05, 0.1) is 17.2 Å². The van der Waals surface area contributed by atoms with Gasteiger partial charge in [-0.05, 0) is 48.9 Å². The summed E-state index contributed by atoms with van der Waals surface area (Å²) in [4.78, 5) is 25.3. The Morgan fingerprint density at radius 3 is 2.57 bits per heavy atom. The smallest absolute Gasteiger partial charge is 0.269 e. The van der Waals surface area contributed by atoms with Crippen LogP contribution in [0.25, 0.3) is 0 Å². The van der Waals surface area contributed by atoms with E-state index >= 15 is 0 Å². The summed E-state index contributed by atoms with van der Waals surface area (Å²) in [7, 11) is 0. The number of hydrogen-bond donors (Lipinski definition) is 1. The monoisotopic (exact) mass is 509 g/mol. The third kappa shape index (κ3) is 6.61. The van der Waals surface area contributed by atoms with Crippen LogP contribution >= 0.6 is 23.1 Å². The van der Waals surface area contributed by atoms with Gasteiger partial charge in [0.15, 0.2) is 4.34 Å². The van der Waals surface area contributed by atoms with Crippen LogP contribution in [0.2, 0.25) is 0 Å². The summed E-state index contributed by atoms with van der Waals surface area (Å²) < 4.78 is 14.1. The molecule has 1 N–H and O–H groups in total. The number of nitro benzene ring substituents is 1. The first kappa shape index (κ1) is 24.3. The minimum Gasteiger partial charge on any atom is -0.330 e. The van der Waals surface area contributed by atoms with Crippen molar-refractivity contribution in [3.63, 3.8) is 0 Å². The fourth-order valence-corrected chi connectivity index (χ4v) is 4.82. The number of benzene rings is 3. The van der Waals surface area contributed by atoms with Crippen molar-refractivity contribution in [1.29, 1.82) is 0 Å². The highest BCUT2D eigenvalue weighted by atomic mass is 32.2. The summed E-state index contributed by atoms with van der Waals surface area (Å²) in [6, 6.07) is 19.5. The molecule has 11 heteroatoms. The fourth-order valence-electron chi connectivity index (χ4n) is 3.18. The maximum atomic E-state index is 13.5. The van der Waals surface area contributed by atoms with Crippen molar-refractivity contribution in [3.8, 4) is 0 Å². The molecule has 1 heterocycles. The Labute approximate surface area is 209 Å². The number of anilines is 3. The lowest BCUT2D eigenvalue weighted by Crippen LogP contribution is -2.32. The standard InChI is InChI=1S/C24H20FN5O3S2/c1-16-5-9-19(10-6-16)26-23-27-28-24(35-23)34-15-22(31)29(20-11-7-18(25)8-12-20)14-17-3-2-4-21(13-17)30(32)33/h2-13H,14-15H2,1H3,(H,26,27). The molecule has 1 amide bonds. The number of carbonyl (C=O) groups is 1. The van der Waals surface area contributed by atoms with Crippen LogP contribution in [-0.2, 0) is 11.3 Å². The molecule has 0 aliphatic heterocycles. The van der Waals surface area contributed by atoms with Gasteiger partial charge >= 0.3 is 0 Å². The number of carbonyl (C=O) groups excluding carboxylic acids is 1. The van der Waals surface area contributed by atoms with Crippen LogP contribution in [0.15, 0.2) is 77.1 Å². The highest BCUT2D eigenvalue weighted by Crippen LogP contribution is 2.29. The van der Waals surface area contributed by atoms with Crippen LogP contribution in [0.3, 0.4) is 0 Å². The quantitative estimate of drug-likeness (QED) is 0.169. The Kier molecular flexibility index (Phi) is 7.68. The summed E-state index contributed by atoms with van der Waals surface area (Å²) >= 11 is 2.57. The Morgan fingerprint density at radius 1 is 1.11 bits per heavy atom. The molecule has 0 aliphatic rings. The zero-order chi connectivity index (χ0) is 24.8. The lowest BCUT2D eigenvalue weighted by molar-refractivity contribution is -0.384. The second-order valence-electron chi connectivity index (χ2n) is 7.54. The molecule has 0 bridgehead atoms. The largest absolute Gasteiger partial charge is 0.330 e. The number of halogens is 1. The van der Waals surface area contributed by atoms with Crippen LogP contribution in [0.5, 0.6) is 0 Å². The average Bonchev–Trinajstić information content (AvgIpc) is 3.30. The summed E-state index contributed by atoms with van der Waals surface area (Å²) in [5.41, 5.74) is 3.05. The number of nitrogens with one attached hydrogen (secondary N) is 1. The molecule has 8 nitrogen and oxygen atoms in total. The first-order chi connectivity index (χ1) is 16.9. The Balaban J connectivity index is 1.46. The zero-order valence-corrected chi connectivity index (χ0v) is 20.2. The van der Waals surface area contributed by atoms with Crippen LogP contribution in [-0.4, -0.2) is 26.8 Å². The van der Waals surface area contributed by atoms with Gasteiger partial charge in [0, 0.05) is 23.5 Å². The summed E-state index contributed by atoms with van der Waals surface area (Å²) in [5.74, 6) is -0.615. The molecule has 0 radical (unpaired) electrons. The molecule has 0 saturated heterocycles. The van der Waals surface area contributed by atoms with Crippen LogP contribution in [0.1, 0.15) is 11.1 Å². The van der Waals surface area contributed by atoms with Gasteiger partial charge in [-0.15, -0.1) is 10.2 Å². The highest BCUT2D eigenvalue weighted by molar-refractivity contribution is 8.01. The van der Waals surface area contributed by atoms with Crippen LogP contribution in [0.4, 0.5) is 26.6 Å². The van der Waals surface area contributed by atoms with E-state index in [1.165, 1.54) is 64.4 Å². The SMILES string of the molecule is Cc1ccc(Nc2nnc(SCC(=O)N(Cc3cccc([N+](=O)[O-])c3)c3ccc(F)cc3)s2)cc1. The number of nitrogens with zero attached hydrogens (tertiary/aromatic N) is 4.